The van der Waals surface area contributed by atoms with Crippen molar-refractivity contribution in [2.24, 2.45) is 0 Å². The maximum absolute atomic E-state index is 6.36. The Hall–Kier alpha value is -1.71. The minimum absolute atomic E-state index is 0.0475. The molecule has 4 heteroatoms. The summed E-state index contributed by atoms with van der Waals surface area (Å²) < 4.78 is 10.8. The van der Waals surface area contributed by atoms with Gasteiger partial charge in [-0.05, 0) is 36.4 Å². The summed E-state index contributed by atoms with van der Waals surface area (Å²) in [4.78, 5) is 0. The normalized spacial score (nSPS) is 12.0. The fourth-order valence-electron chi connectivity index (χ4n) is 2.37. The first-order valence-electron chi connectivity index (χ1n) is 6.91. The van der Waals surface area contributed by atoms with Crippen LogP contribution in [0.3, 0.4) is 0 Å². The molecule has 1 N–H and O–H groups in total. The number of nitrogens with one attached hydrogen (secondary N) is 1. The highest BCUT2D eigenvalue weighted by Gasteiger charge is 2.20. The van der Waals surface area contributed by atoms with Crippen molar-refractivity contribution in [1.82, 2.24) is 5.32 Å². The topological polar surface area (TPSA) is 30.5 Å². The third kappa shape index (κ3) is 3.49. The van der Waals surface area contributed by atoms with Crippen molar-refractivity contribution in [3.8, 4) is 11.5 Å². The molecule has 0 heterocycles. The van der Waals surface area contributed by atoms with Gasteiger partial charge in [-0.1, -0.05) is 36.7 Å². The van der Waals surface area contributed by atoms with Crippen LogP contribution < -0.4 is 14.8 Å². The molecule has 2 aromatic rings. The van der Waals surface area contributed by atoms with E-state index in [-0.39, 0.29) is 6.04 Å². The molecule has 2 rings (SSSR count). The average molecular weight is 306 g/mol. The molecule has 2 aromatic carbocycles. The lowest BCUT2D eigenvalue weighted by Crippen LogP contribution is -2.23. The summed E-state index contributed by atoms with van der Waals surface area (Å²) in [6.07, 6.45) is 0. The van der Waals surface area contributed by atoms with Gasteiger partial charge in [-0.2, -0.15) is 0 Å². The molecule has 0 bridgehead atoms. The monoisotopic (exact) mass is 305 g/mol. The molecule has 112 valence electrons. The molecular weight excluding hydrogens is 286 g/mol. The van der Waals surface area contributed by atoms with E-state index in [9.17, 15) is 0 Å². The van der Waals surface area contributed by atoms with Crippen LogP contribution in [0, 0.1) is 0 Å². The highest BCUT2D eigenvalue weighted by atomic mass is 35.5. The number of methoxy groups -OCH3 is 2. The fourth-order valence-corrected chi connectivity index (χ4v) is 2.61. The van der Waals surface area contributed by atoms with E-state index in [2.05, 4.69) is 12.2 Å². The molecule has 0 aliphatic carbocycles. The van der Waals surface area contributed by atoms with E-state index in [1.807, 2.05) is 42.5 Å². The van der Waals surface area contributed by atoms with Crippen LogP contribution in [-0.2, 0) is 0 Å². The standard InChI is InChI=1S/C17H20ClNO2/c1-4-19-17(13-7-5-6-8-15(13)18)14-11-12(20-2)9-10-16(14)21-3/h5-11,17,19H,4H2,1-3H3. The third-order valence-electron chi connectivity index (χ3n) is 3.37. The minimum Gasteiger partial charge on any atom is -0.497 e. The van der Waals surface area contributed by atoms with Crippen molar-refractivity contribution in [3.63, 3.8) is 0 Å². The maximum Gasteiger partial charge on any atom is 0.124 e. The first-order valence-corrected chi connectivity index (χ1v) is 7.28. The van der Waals surface area contributed by atoms with Gasteiger partial charge >= 0.3 is 0 Å². The van der Waals surface area contributed by atoms with Crippen LogP contribution in [0.5, 0.6) is 11.5 Å². The second kappa shape index (κ2) is 7.34. The van der Waals surface area contributed by atoms with Crippen molar-refractivity contribution in [1.29, 1.82) is 0 Å². The first-order chi connectivity index (χ1) is 10.2. The van der Waals surface area contributed by atoms with E-state index in [4.69, 9.17) is 21.1 Å². The van der Waals surface area contributed by atoms with Gasteiger partial charge in [0.05, 0.1) is 20.3 Å². The van der Waals surface area contributed by atoms with Gasteiger partial charge in [0.15, 0.2) is 0 Å². The number of halogens is 1. The van der Waals surface area contributed by atoms with Crippen LogP contribution in [0.25, 0.3) is 0 Å². The third-order valence-corrected chi connectivity index (χ3v) is 3.72. The molecule has 0 amide bonds. The highest BCUT2D eigenvalue weighted by molar-refractivity contribution is 6.31. The number of hydrogen-bond donors (Lipinski definition) is 1. The lowest BCUT2D eigenvalue weighted by atomic mass is 9.97. The van der Waals surface area contributed by atoms with E-state index >= 15 is 0 Å². The zero-order chi connectivity index (χ0) is 15.2. The summed E-state index contributed by atoms with van der Waals surface area (Å²) in [6, 6.07) is 13.6. The summed E-state index contributed by atoms with van der Waals surface area (Å²) in [5, 5.41) is 4.19. The second-order valence-corrected chi connectivity index (χ2v) is 5.03. The molecule has 0 spiro atoms. The highest BCUT2D eigenvalue weighted by Crippen LogP contribution is 2.35. The molecule has 0 aliphatic heterocycles. The maximum atomic E-state index is 6.36. The van der Waals surface area contributed by atoms with E-state index < -0.39 is 0 Å². The molecule has 21 heavy (non-hydrogen) atoms. The summed E-state index contributed by atoms with van der Waals surface area (Å²) in [6.45, 7) is 2.88. The fraction of sp³-hybridized carbons (Fsp3) is 0.294. The molecule has 3 nitrogen and oxygen atoms in total. The van der Waals surface area contributed by atoms with Gasteiger partial charge in [-0.15, -0.1) is 0 Å². The van der Waals surface area contributed by atoms with E-state index in [0.717, 1.165) is 34.2 Å². The molecular formula is C17H20ClNO2. The second-order valence-electron chi connectivity index (χ2n) is 4.62. The van der Waals surface area contributed by atoms with Gasteiger partial charge in [0.2, 0.25) is 0 Å². The van der Waals surface area contributed by atoms with Gasteiger partial charge in [0, 0.05) is 10.6 Å². The number of ether oxygens (including phenoxy) is 2. The Morgan fingerprint density at radius 3 is 2.43 bits per heavy atom. The summed E-state index contributed by atoms with van der Waals surface area (Å²) in [5.74, 6) is 1.60. The van der Waals surface area contributed by atoms with E-state index in [1.165, 1.54) is 0 Å². The molecule has 0 fully saturated rings. The van der Waals surface area contributed by atoms with Crippen molar-refractivity contribution >= 4 is 11.6 Å². The lowest BCUT2D eigenvalue weighted by molar-refractivity contribution is 0.394. The summed E-state index contributed by atoms with van der Waals surface area (Å²) in [5.41, 5.74) is 2.03. The van der Waals surface area contributed by atoms with E-state index in [0.29, 0.717) is 0 Å². The molecule has 0 aliphatic rings. The van der Waals surface area contributed by atoms with Gasteiger partial charge in [0.25, 0.3) is 0 Å². The Balaban J connectivity index is 2.54. The zero-order valence-electron chi connectivity index (χ0n) is 12.5. The van der Waals surface area contributed by atoms with Crippen molar-refractivity contribution in [3.05, 3.63) is 58.6 Å². The van der Waals surface area contributed by atoms with Gasteiger partial charge in [-0.25, -0.2) is 0 Å². The van der Waals surface area contributed by atoms with Crippen LogP contribution in [0.2, 0.25) is 5.02 Å². The van der Waals surface area contributed by atoms with E-state index in [1.54, 1.807) is 14.2 Å². The van der Waals surface area contributed by atoms with Crippen LogP contribution >= 0.6 is 11.6 Å². The number of hydrogen-bond acceptors (Lipinski definition) is 3. The van der Waals surface area contributed by atoms with Crippen molar-refractivity contribution < 1.29 is 9.47 Å². The number of benzene rings is 2. The van der Waals surface area contributed by atoms with Gasteiger partial charge < -0.3 is 14.8 Å². The molecule has 0 saturated heterocycles. The minimum atomic E-state index is -0.0475. The Morgan fingerprint density at radius 2 is 1.81 bits per heavy atom. The predicted octanol–water partition coefficient (Wildman–Crippen LogP) is 4.06. The van der Waals surface area contributed by atoms with Crippen molar-refractivity contribution in [2.75, 3.05) is 20.8 Å². The van der Waals surface area contributed by atoms with Crippen molar-refractivity contribution in [2.45, 2.75) is 13.0 Å². The Labute approximate surface area is 130 Å². The Kier molecular flexibility index (Phi) is 5.48. The van der Waals surface area contributed by atoms with Crippen LogP contribution in [0.15, 0.2) is 42.5 Å². The predicted molar refractivity (Wildman–Crippen MR) is 86.5 cm³/mol. The largest absolute Gasteiger partial charge is 0.497 e. The van der Waals surface area contributed by atoms with Crippen LogP contribution in [0.1, 0.15) is 24.1 Å². The SMILES string of the molecule is CCNC(c1ccccc1Cl)c1cc(OC)ccc1OC. The summed E-state index contributed by atoms with van der Waals surface area (Å²) in [7, 11) is 3.32. The van der Waals surface area contributed by atoms with Crippen LogP contribution in [0.4, 0.5) is 0 Å². The van der Waals surface area contributed by atoms with Crippen LogP contribution in [-0.4, -0.2) is 20.8 Å². The first kappa shape index (κ1) is 15.7. The lowest BCUT2D eigenvalue weighted by Gasteiger charge is -2.22. The molecule has 0 radical (unpaired) electrons. The Bertz CT molecular complexity index is 601. The zero-order valence-corrected chi connectivity index (χ0v) is 13.3. The van der Waals surface area contributed by atoms with Gasteiger partial charge in [-0.3, -0.25) is 0 Å². The van der Waals surface area contributed by atoms with Gasteiger partial charge in [0.1, 0.15) is 11.5 Å². The molecule has 1 atom stereocenters. The quantitative estimate of drug-likeness (QED) is 0.873. The molecule has 1 unspecified atom stereocenters. The average Bonchev–Trinajstić information content (AvgIpc) is 2.53. The summed E-state index contributed by atoms with van der Waals surface area (Å²) >= 11 is 6.36. The molecule has 0 saturated carbocycles. The number of rotatable bonds is 6. The molecule has 0 aromatic heterocycles. The smallest absolute Gasteiger partial charge is 0.124 e. The Morgan fingerprint density at radius 1 is 1.05 bits per heavy atom.